The fourth-order valence-corrected chi connectivity index (χ4v) is 4.12. The molecule has 2 atom stereocenters. The van der Waals surface area contributed by atoms with E-state index in [0.717, 1.165) is 6.92 Å². The standard InChI is InChI=1S/C23H19F7N4O3/c1-2-17(23(28,29)30)31-22(37)13-9-34(18-14(25)5-10(24)6-15(18)26)20-12(19(13)36)7-16(27)21(32-20)33-4-3-11(35)8-33/h5-7,9,11,17,35H,2-4,8H2,1H3,(H,31,37)/t11-,17?/m1/s1. The molecule has 14 heteroatoms. The number of aliphatic hydroxyl groups is 1. The monoisotopic (exact) mass is 532 g/mol. The van der Waals surface area contributed by atoms with Crippen LogP contribution in [0.25, 0.3) is 16.7 Å². The van der Waals surface area contributed by atoms with E-state index in [9.17, 15) is 45.4 Å². The van der Waals surface area contributed by atoms with Crippen LogP contribution >= 0.6 is 0 Å². The van der Waals surface area contributed by atoms with Gasteiger partial charge in [0.05, 0.1) is 11.5 Å². The molecule has 0 spiro atoms. The number of pyridine rings is 2. The number of alkyl halides is 3. The molecule has 3 aromatic rings. The highest BCUT2D eigenvalue weighted by atomic mass is 19.4. The summed E-state index contributed by atoms with van der Waals surface area (Å²) in [6.45, 7) is 1.27. The van der Waals surface area contributed by atoms with Crippen LogP contribution in [0.15, 0.2) is 29.2 Å². The van der Waals surface area contributed by atoms with Gasteiger partial charge in [0, 0.05) is 31.4 Å². The lowest BCUT2D eigenvalue weighted by Gasteiger charge is -2.21. The lowest BCUT2D eigenvalue weighted by molar-refractivity contribution is -0.153. The summed E-state index contributed by atoms with van der Waals surface area (Å²) in [5.74, 6) is -7.24. The van der Waals surface area contributed by atoms with E-state index in [1.165, 1.54) is 4.90 Å². The average molecular weight is 532 g/mol. The summed E-state index contributed by atoms with van der Waals surface area (Å²) >= 11 is 0. The number of aliphatic hydroxyl groups excluding tert-OH is 1. The zero-order chi connectivity index (χ0) is 27.2. The van der Waals surface area contributed by atoms with Gasteiger partial charge in [0.2, 0.25) is 5.43 Å². The third-order valence-electron chi connectivity index (χ3n) is 5.95. The molecule has 0 saturated carbocycles. The summed E-state index contributed by atoms with van der Waals surface area (Å²) in [6, 6.07) is -1.10. The van der Waals surface area contributed by atoms with E-state index in [1.54, 1.807) is 5.32 Å². The lowest BCUT2D eigenvalue weighted by Crippen LogP contribution is -2.46. The predicted molar refractivity (Wildman–Crippen MR) is 118 cm³/mol. The second-order valence-corrected chi connectivity index (χ2v) is 8.49. The molecule has 2 aromatic heterocycles. The van der Waals surface area contributed by atoms with Crippen LogP contribution in [0.5, 0.6) is 0 Å². The molecule has 37 heavy (non-hydrogen) atoms. The Labute approximate surface area is 204 Å². The highest BCUT2D eigenvalue weighted by molar-refractivity contribution is 5.97. The summed E-state index contributed by atoms with van der Waals surface area (Å²) in [6.07, 6.45) is -5.42. The first-order valence-corrected chi connectivity index (χ1v) is 11.0. The van der Waals surface area contributed by atoms with Gasteiger partial charge in [-0.3, -0.25) is 14.2 Å². The maximum atomic E-state index is 15.0. The van der Waals surface area contributed by atoms with Gasteiger partial charge in [0.25, 0.3) is 5.91 Å². The molecule has 2 N–H and O–H groups in total. The molecular formula is C23H19F7N4O3. The average Bonchev–Trinajstić information content (AvgIpc) is 3.23. The lowest BCUT2D eigenvalue weighted by atomic mass is 10.1. The largest absolute Gasteiger partial charge is 0.408 e. The van der Waals surface area contributed by atoms with E-state index in [1.807, 2.05) is 0 Å². The smallest absolute Gasteiger partial charge is 0.391 e. The summed E-state index contributed by atoms with van der Waals surface area (Å²) < 4.78 is 98.2. The number of carbonyl (C=O) groups excluding carboxylic acids is 1. The number of β-amino-alcohol motifs (C(OH)–C–C–N with tert-alkyl or cyclic N) is 1. The number of nitrogens with zero attached hydrogens (tertiary/aromatic N) is 3. The second-order valence-electron chi connectivity index (χ2n) is 8.49. The van der Waals surface area contributed by atoms with Crippen LogP contribution in [-0.2, 0) is 0 Å². The number of nitrogens with one attached hydrogen (secondary N) is 1. The van der Waals surface area contributed by atoms with Crippen molar-refractivity contribution in [1.29, 1.82) is 0 Å². The predicted octanol–water partition coefficient (Wildman–Crippen LogP) is 3.58. The zero-order valence-corrected chi connectivity index (χ0v) is 19.0. The molecular weight excluding hydrogens is 513 g/mol. The fraction of sp³-hybridized carbons (Fsp3) is 0.348. The summed E-state index contributed by atoms with van der Waals surface area (Å²) in [5, 5.41) is 10.8. The molecule has 1 amide bonds. The van der Waals surface area contributed by atoms with Crippen molar-refractivity contribution < 1.29 is 40.6 Å². The van der Waals surface area contributed by atoms with Gasteiger partial charge < -0.3 is 15.3 Å². The van der Waals surface area contributed by atoms with Crippen LogP contribution in [0, 0.1) is 23.3 Å². The van der Waals surface area contributed by atoms with Crippen molar-refractivity contribution in [2.24, 2.45) is 0 Å². The first-order valence-electron chi connectivity index (χ1n) is 11.0. The zero-order valence-electron chi connectivity index (χ0n) is 19.0. The number of amides is 1. The van der Waals surface area contributed by atoms with Gasteiger partial charge >= 0.3 is 6.18 Å². The quantitative estimate of drug-likeness (QED) is 0.491. The number of hydrogen-bond acceptors (Lipinski definition) is 5. The fourth-order valence-electron chi connectivity index (χ4n) is 4.12. The van der Waals surface area contributed by atoms with Gasteiger partial charge in [-0.1, -0.05) is 6.92 Å². The Balaban J connectivity index is 1.99. The third-order valence-corrected chi connectivity index (χ3v) is 5.95. The molecule has 0 radical (unpaired) electrons. The number of benzene rings is 1. The van der Waals surface area contributed by atoms with Crippen LogP contribution in [0.3, 0.4) is 0 Å². The Kier molecular flexibility index (Phi) is 6.88. The Hall–Kier alpha value is -3.68. The number of aromatic nitrogens is 2. The van der Waals surface area contributed by atoms with Gasteiger partial charge in [-0.2, -0.15) is 13.2 Å². The minimum atomic E-state index is -4.86. The van der Waals surface area contributed by atoms with Gasteiger partial charge in [-0.05, 0) is 18.9 Å². The Morgan fingerprint density at radius 1 is 1.16 bits per heavy atom. The van der Waals surface area contributed by atoms with Crippen LogP contribution in [0.2, 0.25) is 0 Å². The van der Waals surface area contributed by atoms with Crippen molar-refractivity contribution >= 4 is 22.8 Å². The third kappa shape index (κ3) is 4.97. The van der Waals surface area contributed by atoms with Gasteiger partial charge in [-0.15, -0.1) is 0 Å². The molecule has 1 fully saturated rings. The van der Waals surface area contributed by atoms with Gasteiger partial charge in [-0.25, -0.2) is 22.5 Å². The molecule has 1 unspecified atom stereocenters. The van der Waals surface area contributed by atoms with Crippen molar-refractivity contribution in [1.82, 2.24) is 14.9 Å². The van der Waals surface area contributed by atoms with Crippen molar-refractivity contribution in [3.63, 3.8) is 0 Å². The first-order chi connectivity index (χ1) is 17.3. The Morgan fingerprint density at radius 2 is 1.81 bits per heavy atom. The van der Waals surface area contributed by atoms with Crippen LogP contribution in [-0.4, -0.2) is 52.0 Å². The number of hydrogen-bond donors (Lipinski definition) is 2. The first kappa shape index (κ1) is 26.4. The molecule has 1 aromatic carbocycles. The topological polar surface area (TPSA) is 87.5 Å². The van der Waals surface area contributed by atoms with E-state index in [-0.39, 0.29) is 25.3 Å². The highest BCUT2D eigenvalue weighted by Crippen LogP contribution is 2.28. The Morgan fingerprint density at radius 3 is 2.35 bits per heavy atom. The SMILES string of the molecule is CCC(NC(=O)c1cn(-c2c(F)cc(F)cc2F)c2nc(N3CC[C@@H](O)C3)c(F)cc2c1=O)C(F)(F)F. The van der Waals surface area contributed by atoms with Crippen molar-refractivity contribution in [2.75, 3.05) is 18.0 Å². The molecule has 1 aliphatic heterocycles. The van der Waals surface area contributed by atoms with Crippen LogP contribution in [0.1, 0.15) is 30.1 Å². The number of carbonyl (C=O) groups is 1. The molecule has 3 heterocycles. The van der Waals surface area contributed by atoms with E-state index in [0.29, 0.717) is 29.0 Å². The van der Waals surface area contributed by atoms with Crippen molar-refractivity contribution in [3.8, 4) is 5.69 Å². The maximum Gasteiger partial charge on any atom is 0.408 e. The van der Waals surface area contributed by atoms with Crippen LogP contribution in [0.4, 0.5) is 36.6 Å². The summed E-state index contributed by atoms with van der Waals surface area (Å²) in [5.41, 5.74) is -3.78. The highest BCUT2D eigenvalue weighted by Gasteiger charge is 2.40. The van der Waals surface area contributed by atoms with E-state index in [2.05, 4.69) is 4.98 Å². The van der Waals surface area contributed by atoms with Gasteiger partial charge in [0.15, 0.2) is 28.9 Å². The van der Waals surface area contributed by atoms with E-state index < -0.39 is 81.6 Å². The van der Waals surface area contributed by atoms with Crippen LogP contribution < -0.4 is 15.6 Å². The molecule has 1 saturated heterocycles. The van der Waals surface area contributed by atoms with E-state index >= 15 is 0 Å². The van der Waals surface area contributed by atoms with Crippen molar-refractivity contribution in [2.45, 2.75) is 38.1 Å². The molecule has 198 valence electrons. The molecule has 1 aliphatic rings. The number of fused-ring (bicyclic) bond motifs is 1. The number of halogens is 7. The summed E-state index contributed by atoms with van der Waals surface area (Å²) in [4.78, 5) is 31.1. The molecule has 0 aliphatic carbocycles. The number of anilines is 1. The molecule has 7 nitrogen and oxygen atoms in total. The molecule has 0 bridgehead atoms. The van der Waals surface area contributed by atoms with E-state index in [4.69, 9.17) is 0 Å². The van der Waals surface area contributed by atoms with Gasteiger partial charge in [0.1, 0.15) is 23.1 Å². The maximum absolute atomic E-state index is 15.0. The number of rotatable bonds is 5. The minimum absolute atomic E-state index is 0.0325. The second kappa shape index (κ2) is 9.65. The molecule has 4 rings (SSSR count). The van der Waals surface area contributed by atoms with Crippen molar-refractivity contribution in [3.05, 3.63) is 63.5 Å². The minimum Gasteiger partial charge on any atom is -0.391 e. The summed E-state index contributed by atoms with van der Waals surface area (Å²) in [7, 11) is 0. The Bertz CT molecular complexity index is 1420. The normalized spacial score (nSPS) is 16.9.